The Hall–Kier alpha value is -3.14. The molecule has 2 heterocycles. The SMILES string of the molecule is C[N+](C)(C)CCCc1cc(-c2ccccc2)[nH]c1/C=c1\[nH]/c(=C/CC(=O)O)cc1CCCS(=O)(=O)O. The number of hydrogen-bond donors (Lipinski definition) is 4. The molecule has 8 nitrogen and oxygen atoms in total. The maximum Gasteiger partial charge on any atom is 0.307 e. The van der Waals surface area contributed by atoms with E-state index < -0.39 is 16.1 Å². The van der Waals surface area contributed by atoms with E-state index in [0.29, 0.717) is 11.8 Å². The summed E-state index contributed by atoms with van der Waals surface area (Å²) in [6.45, 7) is 1.03. The molecule has 0 atom stereocenters. The van der Waals surface area contributed by atoms with Gasteiger partial charge in [0.15, 0.2) is 0 Å². The Kier molecular flexibility index (Phi) is 8.94. The van der Waals surface area contributed by atoms with Crippen LogP contribution >= 0.6 is 0 Å². The molecule has 3 rings (SSSR count). The van der Waals surface area contributed by atoms with Gasteiger partial charge in [-0.05, 0) is 60.2 Å². The zero-order valence-electron chi connectivity index (χ0n) is 21.1. The van der Waals surface area contributed by atoms with Crippen LogP contribution in [0.2, 0.25) is 0 Å². The largest absolute Gasteiger partial charge is 0.481 e. The summed E-state index contributed by atoms with van der Waals surface area (Å²) in [5, 5.41) is 10.5. The molecule has 0 saturated heterocycles. The number of quaternary nitrogens is 1. The molecule has 2 aromatic heterocycles. The van der Waals surface area contributed by atoms with Crippen LogP contribution in [-0.4, -0.2) is 71.9 Å². The molecular weight excluding hydrogens is 478 g/mol. The zero-order valence-corrected chi connectivity index (χ0v) is 21.9. The van der Waals surface area contributed by atoms with Crippen LogP contribution in [0.3, 0.4) is 0 Å². The van der Waals surface area contributed by atoms with E-state index in [9.17, 15) is 13.2 Å². The molecule has 0 aliphatic heterocycles. The molecule has 4 N–H and O–H groups in total. The minimum absolute atomic E-state index is 0.124. The predicted molar refractivity (Wildman–Crippen MR) is 143 cm³/mol. The van der Waals surface area contributed by atoms with Crippen molar-refractivity contribution in [3.8, 4) is 11.3 Å². The number of benzene rings is 1. The summed E-state index contributed by atoms with van der Waals surface area (Å²) < 4.78 is 32.4. The average molecular weight is 515 g/mol. The van der Waals surface area contributed by atoms with Gasteiger partial charge in [0, 0.05) is 28.5 Å². The second-order valence-electron chi connectivity index (χ2n) is 10.1. The Bertz CT molecular complexity index is 1400. The first-order valence-electron chi connectivity index (χ1n) is 12.0. The van der Waals surface area contributed by atoms with Gasteiger partial charge in [0.25, 0.3) is 10.1 Å². The lowest BCUT2D eigenvalue weighted by Gasteiger charge is -2.23. The van der Waals surface area contributed by atoms with Crippen LogP contribution in [0.15, 0.2) is 42.5 Å². The van der Waals surface area contributed by atoms with Crippen LogP contribution in [0.4, 0.5) is 0 Å². The molecule has 36 heavy (non-hydrogen) atoms. The Morgan fingerprint density at radius 2 is 1.69 bits per heavy atom. The van der Waals surface area contributed by atoms with Gasteiger partial charge < -0.3 is 19.6 Å². The predicted octanol–water partition coefficient (Wildman–Crippen LogP) is 2.55. The fourth-order valence-electron chi connectivity index (χ4n) is 4.14. The van der Waals surface area contributed by atoms with E-state index in [1.54, 1.807) is 6.08 Å². The number of carbonyl (C=O) groups is 1. The van der Waals surface area contributed by atoms with Gasteiger partial charge in [-0.2, -0.15) is 8.42 Å². The Labute approximate surface area is 212 Å². The van der Waals surface area contributed by atoms with Crippen LogP contribution in [-0.2, 0) is 27.8 Å². The smallest absolute Gasteiger partial charge is 0.307 e. The molecule has 9 heteroatoms. The van der Waals surface area contributed by atoms with E-state index in [0.717, 1.165) is 51.7 Å². The van der Waals surface area contributed by atoms with Crippen molar-refractivity contribution >= 4 is 28.2 Å². The Morgan fingerprint density at radius 3 is 2.33 bits per heavy atom. The van der Waals surface area contributed by atoms with Crippen molar-refractivity contribution in [1.29, 1.82) is 0 Å². The van der Waals surface area contributed by atoms with Crippen LogP contribution in [0.1, 0.15) is 36.1 Å². The summed E-state index contributed by atoms with van der Waals surface area (Å²) in [6.07, 6.45) is 6.06. The van der Waals surface area contributed by atoms with Crippen LogP contribution in [0.5, 0.6) is 0 Å². The van der Waals surface area contributed by atoms with E-state index in [2.05, 4.69) is 49.3 Å². The highest BCUT2D eigenvalue weighted by atomic mass is 32.2. The second kappa shape index (κ2) is 11.7. The fraction of sp³-hybridized carbons (Fsp3) is 0.370. The van der Waals surface area contributed by atoms with E-state index in [4.69, 9.17) is 9.66 Å². The summed E-state index contributed by atoms with van der Waals surface area (Å²) >= 11 is 0. The van der Waals surface area contributed by atoms with Gasteiger partial charge in [-0.3, -0.25) is 9.35 Å². The van der Waals surface area contributed by atoms with E-state index >= 15 is 0 Å². The first-order chi connectivity index (χ1) is 16.9. The molecule has 0 radical (unpaired) electrons. The average Bonchev–Trinajstić information content (AvgIpc) is 3.35. The second-order valence-corrected chi connectivity index (χ2v) is 11.7. The minimum Gasteiger partial charge on any atom is -0.481 e. The van der Waals surface area contributed by atoms with Crippen LogP contribution < -0.4 is 10.7 Å². The monoisotopic (exact) mass is 514 g/mol. The maximum atomic E-state index is 11.2. The van der Waals surface area contributed by atoms with Gasteiger partial charge in [0.2, 0.25) is 0 Å². The highest BCUT2D eigenvalue weighted by molar-refractivity contribution is 7.85. The first-order valence-corrected chi connectivity index (χ1v) is 13.6. The number of aliphatic carboxylic acids is 1. The molecule has 0 aliphatic carbocycles. The molecule has 0 saturated carbocycles. The van der Waals surface area contributed by atoms with E-state index in [-0.39, 0.29) is 18.6 Å². The topological polar surface area (TPSA) is 123 Å². The van der Waals surface area contributed by atoms with Gasteiger partial charge >= 0.3 is 5.97 Å². The molecule has 3 aromatic rings. The number of aromatic amines is 2. The molecule has 0 unspecified atom stereocenters. The number of rotatable bonds is 12. The van der Waals surface area contributed by atoms with Crippen molar-refractivity contribution in [2.45, 2.75) is 32.1 Å². The third-order valence-corrected chi connectivity index (χ3v) is 6.69. The third-order valence-electron chi connectivity index (χ3n) is 5.88. The Balaban J connectivity index is 2.03. The van der Waals surface area contributed by atoms with Crippen molar-refractivity contribution in [2.24, 2.45) is 0 Å². The van der Waals surface area contributed by atoms with Crippen molar-refractivity contribution in [1.82, 2.24) is 9.97 Å². The summed E-state index contributed by atoms with van der Waals surface area (Å²) in [6, 6.07) is 14.1. The lowest BCUT2D eigenvalue weighted by atomic mass is 10.1. The van der Waals surface area contributed by atoms with E-state index in [1.807, 2.05) is 30.3 Å². The molecule has 0 amide bonds. The first kappa shape index (κ1) is 27.4. The lowest BCUT2D eigenvalue weighted by Crippen LogP contribution is -2.35. The van der Waals surface area contributed by atoms with Crippen molar-refractivity contribution in [3.05, 3.63) is 70.0 Å². The van der Waals surface area contributed by atoms with Gasteiger partial charge in [0.05, 0.1) is 39.9 Å². The number of hydrogen-bond acceptors (Lipinski definition) is 3. The van der Waals surface area contributed by atoms with Gasteiger partial charge in [-0.25, -0.2) is 0 Å². The van der Waals surface area contributed by atoms with Crippen molar-refractivity contribution in [3.63, 3.8) is 0 Å². The van der Waals surface area contributed by atoms with Crippen molar-refractivity contribution in [2.75, 3.05) is 33.4 Å². The number of H-pyrrole nitrogens is 2. The molecule has 0 fully saturated rings. The molecule has 0 bridgehead atoms. The van der Waals surface area contributed by atoms with E-state index in [1.165, 1.54) is 5.56 Å². The molecule has 1 aromatic carbocycles. The third kappa shape index (κ3) is 8.82. The normalized spacial score (nSPS) is 13.4. The quantitative estimate of drug-likeness (QED) is 0.219. The number of aryl methyl sites for hydroxylation is 2. The minimum atomic E-state index is -4.05. The maximum absolute atomic E-state index is 11.2. The molecule has 194 valence electrons. The Morgan fingerprint density at radius 1 is 1.00 bits per heavy atom. The van der Waals surface area contributed by atoms with Gasteiger partial charge in [-0.15, -0.1) is 0 Å². The molecular formula is C27H36N3O5S+. The number of nitrogens with one attached hydrogen (secondary N) is 2. The molecule has 0 spiro atoms. The highest BCUT2D eigenvalue weighted by Crippen LogP contribution is 2.23. The number of carboxylic acids is 1. The fourth-order valence-corrected chi connectivity index (χ4v) is 4.64. The van der Waals surface area contributed by atoms with Crippen molar-refractivity contribution < 1.29 is 27.4 Å². The summed E-state index contributed by atoms with van der Waals surface area (Å²) in [7, 11) is 2.47. The van der Waals surface area contributed by atoms with Gasteiger partial charge in [0.1, 0.15) is 0 Å². The number of aromatic nitrogens is 2. The number of carboxylic acid groups (broad SMARTS) is 1. The van der Waals surface area contributed by atoms with Crippen LogP contribution in [0.25, 0.3) is 23.4 Å². The summed E-state index contributed by atoms with van der Waals surface area (Å²) in [5.74, 6) is -1.26. The zero-order chi connectivity index (χ0) is 26.3. The van der Waals surface area contributed by atoms with Crippen LogP contribution in [0, 0.1) is 0 Å². The number of nitrogens with zero attached hydrogens (tertiary/aromatic N) is 1. The molecule has 0 aliphatic rings. The lowest BCUT2D eigenvalue weighted by molar-refractivity contribution is -0.870. The van der Waals surface area contributed by atoms with Gasteiger partial charge in [-0.1, -0.05) is 30.3 Å². The summed E-state index contributed by atoms with van der Waals surface area (Å²) in [4.78, 5) is 17.9. The standard InChI is InChI=1S/C27H35N3O5S/c1-30(2,3)15-7-11-22-18-24(20-9-5-4-6-10-20)29-26(22)19-25-21(12-8-16-36(33,34)35)17-23(28-25)13-14-27(31)32/h4-6,9-10,13,17-19,28-29H,7-8,11-12,14-16H2,1-3H3,(H-,31,32,33,34,35)/p+1/b23-13+,25-19-. The summed E-state index contributed by atoms with van der Waals surface area (Å²) in [5.41, 5.74) is 5.10. The highest BCUT2D eigenvalue weighted by Gasteiger charge is 2.12.